The maximum atomic E-state index is 13.8. The van der Waals surface area contributed by atoms with E-state index in [1.165, 1.54) is 4.31 Å². The number of nitrogens with zero attached hydrogens (tertiary/aromatic N) is 2. The summed E-state index contributed by atoms with van der Waals surface area (Å²) < 4.78 is 52.4. The number of benzene rings is 4. The Labute approximate surface area is 271 Å². The van der Waals surface area contributed by atoms with Crippen molar-refractivity contribution < 1.29 is 31.0 Å². The van der Waals surface area contributed by atoms with Crippen molar-refractivity contribution in [3.63, 3.8) is 0 Å². The minimum absolute atomic E-state index is 0.104. The van der Waals surface area contributed by atoms with Crippen LogP contribution in [0, 0.1) is 0 Å². The van der Waals surface area contributed by atoms with Gasteiger partial charge in [0.05, 0.1) is 31.0 Å². The number of hydrogen-bond acceptors (Lipinski definition) is 6. The van der Waals surface area contributed by atoms with E-state index in [1.54, 1.807) is 47.4 Å². The molecule has 4 aromatic carbocycles. The molecule has 0 aromatic heterocycles. The first kappa shape index (κ1) is 33.3. The lowest BCUT2D eigenvalue weighted by Gasteiger charge is -2.31. The zero-order valence-corrected chi connectivity index (χ0v) is 27.1. The smallest absolute Gasteiger partial charge is 0.264 e. The van der Waals surface area contributed by atoms with Crippen LogP contribution in [-0.2, 0) is 48.2 Å². The van der Waals surface area contributed by atoms with Crippen LogP contribution in [0.3, 0.4) is 0 Å². The van der Waals surface area contributed by atoms with Gasteiger partial charge in [-0.1, -0.05) is 84.9 Å². The van der Waals surface area contributed by atoms with Gasteiger partial charge in [0.2, 0.25) is 11.8 Å². The molecule has 1 aliphatic rings. The minimum atomic E-state index is -3.59. The third kappa shape index (κ3) is 8.79. The number of likely N-dealkylation sites (tertiary alicyclic amines) is 1. The summed E-state index contributed by atoms with van der Waals surface area (Å²) >= 11 is -2.48. The van der Waals surface area contributed by atoms with Crippen LogP contribution < -0.4 is 9.62 Å². The predicted molar refractivity (Wildman–Crippen MR) is 179 cm³/mol. The summed E-state index contributed by atoms with van der Waals surface area (Å²) in [5, 5.41) is 4.80. The standard InChI is InChI=1S/C34H37N3O7S2/c1-46(42,43)44-24-26-15-13-25(14-16-26)21-31(34(39)36-19-7-8-20-36)35-33(38)23-32(28-10-3-2-4-11-28)37(45(40)41)30-18-17-27-9-5-6-12-29(27)22-30/h2-6,9-18,22,31-32H,7-8,19-21,23-24H2,1H3,(H,35,38)(H,40,41). The second-order valence-electron chi connectivity index (χ2n) is 11.4. The van der Waals surface area contributed by atoms with Crippen molar-refractivity contribution in [2.75, 3.05) is 23.7 Å². The SMILES string of the molecule is CS(=O)(=O)OCc1ccc(CC(NC(=O)CC(c2ccccc2)N(c2ccc3ccccc3c2)S(=O)O)C(=O)N2CCCC2)cc1. The van der Waals surface area contributed by atoms with Gasteiger partial charge in [-0.2, -0.15) is 8.42 Å². The van der Waals surface area contributed by atoms with Crippen LogP contribution in [0.2, 0.25) is 0 Å². The number of hydrogen-bond donors (Lipinski definition) is 2. The Morgan fingerprint density at radius 3 is 2.20 bits per heavy atom. The van der Waals surface area contributed by atoms with Crippen LogP contribution in [-0.4, -0.2) is 59.3 Å². The van der Waals surface area contributed by atoms with Crippen molar-refractivity contribution in [1.82, 2.24) is 10.2 Å². The van der Waals surface area contributed by atoms with Crippen LogP contribution in [0.1, 0.15) is 42.0 Å². The molecule has 0 saturated carbocycles. The highest BCUT2D eigenvalue weighted by Gasteiger charge is 2.32. The van der Waals surface area contributed by atoms with E-state index in [-0.39, 0.29) is 25.4 Å². The van der Waals surface area contributed by atoms with Crippen LogP contribution in [0.15, 0.2) is 97.1 Å². The molecule has 1 aliphatic heterocycles. The van der Waals surface area contributed by atoms with Crippen molar-refractivity contribution in [1.29, 1.82) is 0 Å². The molecule has 4 aromatic rings. The van der Waals surface area contributed by atoms with Gasteiger partial charge in [-0.25, -0.2) is 4.21 Å². The number of carbonyl (C=O) groups excluding carboxylic acids is 2. The molecule has 1 fully saturated rings. The van der Waals surface area contributed by atoms with Crippen molar-refractivity contribution >= 4 is 49.7 Å². The molecule has 0 bridgehead atoms. The van der Waals surface area contributed by atoms with Gasteiger partial charge < -0.3 is 10.2 Å². The second-order valence-corrected chi connectivity index (χ2v) is 13.9. The molecule has 0 radical (unpaired) electrons. The summed E-state index contributed by atoms with van der Waals surface area (Å²) in [6, 6.07) is 27.5. The lowest BCUT2D eigenvalue weighted by Crippen LogP contribution is -2.49. The van der Waals surface area contributed by atoms with E-state index < -0.39 is 39.4 Å². The summed E-state index contributed by atoms with van der Waals surface area (Å²) in [7, 11) is -3.59. The molecule has 5 rings (SSSR count). The van der Waals surface area contributed by atoms with E-state index in [9.17, 15) is 26.8 Å². The summed E-state index contributed by atoms with van der Waals surface area (Å²) in [6.45, 7) is 1.12. The molecular weight excluding hydrogens is 627 g/mol. The molecular formula is C34H37N3O7S2. The molecule has 3 unspecified atom stereocenters. The Balaban J connectivity index is 1.39. The zero-order chi connectivity index (χ0) is 32.7. The van der Waals surface area contributed by atoms with Gasteiger partial charge in [-0.3, -0.25) is 22.6 Å². The highest BCUT2D eigenvalue weighted by atomic mass is 32.2. The van der Waals surface area contributed by atoms with E-state index in [0.717, 1.165) is 35.4 Å². The van der Waals surface area contributed by atoms with Gasteiger partial charge in [0.15, 0.2) is 0 Å². The van der Waals surface area contributed by atoms with E-state index in [0.29, 0.717) is 29.9 Å². The average Bonchev–Trinajstić information content (AvgIpc) is 3.59. The predicted octanol–water partition coefficient (Wildman–Crippen LogP) is 4.74. The van der Waals surface area contributed by atoms with Gasteiger partial charge >= 0.3 is 0 Å². The van der Waals surface area contributed by atoms with Gasteiger partial charge in [-0.15, -0.1) is 0 Å². The summed E-state index contributed by atoms with van der Waals surface area (Å²) in [4.78, 5) is 29.2. The molecule has 46 heavy (non-hydrogen) atoms. The first-order chi connectivity index (χ1) is 22.1. The minimum Gasteiger partial charge on any atom is -0.344 e. The van der Waals surface area contributed by atoms with Crippen LogP contribution in [0.4, 0.5) is 5.69 Å². The molecule has 12 heteroatoms. The third-order valence-corrected chi connectivity index (χ3v) is 9.30. The zero-order valence-electron chi connectivity index (χ0n) is 25.4. The number of nitrogens with one attached hydrogen (secondary N) is 1. The van der Waals surface area contributed by atoms with Crippen molar-refractivity contribution in [3.8, 4) is 0 Å². The maximum Gasteiger partial charge on any atom is 0.264 e. The van der Waals surface area contributed by atoms with Crippen molar-refractivity contribution in [3.05, 3.63) is 114 Å². The molecule has 1 saturated heterocycles. The van der Waals surface area contributed by atoms with E-state index >= 15 is 0 Å². The third-order valence-electron chi connectivity index (χ3n) is 7.96. The monoisotopic (exact) mass is 663 g/mol. The van der Waals surface area contributed by atoms with Gasteiger partial charge in [0, 0.05) is 19.5 Å². The average molecular weight is 664 g/mol. The quantitative estimate of drug-likeness (QED) is 0.156. The van der Waals surface area contributed by atoms with Crippen LogP contribution in [0.5, 0.6) is 0 Å². The normalized spacial score (nSPS) is 15.3. The number of rotatable bonds is 13. The molecule has 2 N–H and O–H groups in total. The largest absolute Gasteiger partial charge is 0.344 e. The van der Waals surface area contributed by atoms with Crippen LogP contribution in [0.25, 0.3) is 10.8 Å². The van der Waals surface area contributed by atoms with Gasteiger partial charge in [0.25, 0.3) is 21.4 Å². The molecule has 242 valence electrons. The van der Waals surface area contributed by atoms with Gasteiger partial charge in [-0.05, 0) is 52.4 Å². The Bertz CT molecular complexity index is 1790. The number of anilines is 1. The van der Waals surface area contributed by atoms with E-state index in [2.05, 4.69) is 5.32 Å². The summed E-state index contributed by atoms with van der Waals surface area (Å²) in [5.74, 6) is -0.635. The highest BCUT2D eigenvalue weighted by Crippen LogP contribution is 2.33. The topological polar surface area (TPSA) is 133 Å². The van der Waals surface area contributed by atoms with Crippen LogP contribution >= 0.6 is 0 Å². The number of carbonyl (C=O) groups is 2. The molecule has 3 atom stereocenters. The Kier molecular flexibility index (Phi) is 10.8. The molecule has 1 heterocycles. The molecule has 0 spiro atoms. The fourth-order valence-electron chi connectivity index (χ4n) is 5.67. The summed E-state index contributed by atoms with van der Waals surface area (Å²) in [6.07, 6.45) is 2.79. The fraction of sp³-hybridized carbons (Fsp3) is 0.294. The fourth-order valence-corrected chi connectivity index (χ4v) is 6.73. The second kappa shape index (κ2) is 15.0. The van der Waals surface area contributed by atoms with E-state index in [1.807, 2.05) is 54.6 Å². The lowest BCUT2D eigenvalue weighted by atomic mass is 10.0. The van der Waals surface area contributed by atoms with E-state index in [4.69, 9.17) is 4.18 Å². The molecule has 10 nitrogen and oxygen atoms in total. The first-order valence-electron chi connectivity index (χ1n) is 15.0. The maximum absolute atomic E-state index is 13.8. The Morgan fingerprint density at radius 1 is 0.913 bits per heavy atom. The van der Waals surface area contributed by atoms with Crippen molar-refractivity contribution in [2.24, 2.45) is 0 Å². The highest BCUT2D eigenvalue weighted by molar-refractivity contribution is 7.85. The van der Waals surface area contributed by atoms with Gasteiger partial charge in [0.1, 0.15) is 6.04 Å². The molecule has 0 aliphatic carbocycles. The Morgan fingerprint density at radius 2 is 1.54 bits per heavy atom. The Hall–Kier alpha value is -4.10. The number of amides is 2. The lowest BCUT2D eigenvalue weighted by molar-refractivity contribution is -0.135. The van der Waals surface area contributed by atoms with Crippen molar-refractivity contribution in [2.45, 2.75) is 44.4 Å². The number of fused-ring (bicyclic) bond motifs is 1. The molecule has 2 amide bonds. The first-order valence-corrected chi connectivity index (χ1v) is 17.9. The summed E-state index contributed by atoms with van der Waals surface area (Å²) in [5.41, 5.74) is 2.57.